The molecule has 4 rings (SSSR count). The lowest BCUT2D eigenvalue weighted by molar-refractivity contribution is -0.139. The van der Waals surface area contributed by atoms with Crippen LogP contribution in [0.5, 0.6) is 5.75 Å². The smallest absolute Gasteiger partial charge is 0.254 e. The molecule has 0 N–H and O–H groups in total. The van der Waals surface area contributed by atoms with Gasteiger partial charge in [0.05, 0.1) is 13.2 Å². The number of ether oxygens (including phenoxy) is 2. The van der Waals surface area contributed by atoms with E-state index in [9.17, 15) is 9.59 Å². The minimum atomic E-state index is 0.0495. The molecule has 1 aliphatic carbocycles. The van der Waals surface area contributed by atoms with Crippen molar-refractivity contribution in [2.45, 2.75) is 51.1 Å². The molecule has 28 heavy (non-hydrogen) atoms. The molecule has 1 unspecified atom stereocenters. The number of nitrogens with zero attached hydrogens (tertiary/aromatic N) is 2. The molecule has 0 spiro atoms. The number of benzene rings is 1. The summed E-state index contributed by atoms with van der Waals surface area (Å²) in [6, 6.07) is 5.95. The molecule has 0 aromatic heterocycles. The summed E-state index contributed by atoms with van der Waals surface area (Å²) in [6.07, 6.45) is 4.69. The van der Waals surface area contributed by atoms with Crippen molar-refractivity contribution in [3.05, 3.63) is 29.3 Å². The molecule has 1 atom stereocenters. The Morgan fingerprint density at radius 1 is 1.11 bits per heavy atom. The average molecular weight is 386 g/mol. The van der Waals surface area contributed by atoms with E-state index < -0.39 is 0 Å². The van der Waals surface area contributed by atoms with Gasteiger partial charge >= 0.3 is 0 Å². The lowest BCUT2D eigenvalue weighted by Crippen LogP contribution is -2.51. The zero-order chi connectivity index (χ0) is 19.7. The second-order valence-electron chi connectivity index (χ2n) is 8.24. The van der Waals surface area contributed by atoms with Crippen LogP contribution in [0.3, 0.4) is 0 Å². The molecule has 1 aromatic carbocycles. The van der Waals surface area contributed by atoms with Crippen molar-refractivity contribution in [3.63, 3.8) is 0 Å². The molecule has 2 aliphatic heterocycles. The Kier molecular flexibility index (Phi) is 5.58. The van der Waals surface area contributed by atoms with Gasteiger partial charge in [-0.05, 0) is 62.8 Å². The van der Waals surface area contributed by atoms with E-state index in [0.29, 0.717) is 24.6 Å². The van der Waals surface area contributed by atoms with E-state index in [0.717, 1.165) is 56.6 Å². The van der Waals surface area contributed by atoms with Crippen molar-refractivity contribution < 1.29 is 19.1 Å². The van der Waals surface area contributed by atoms with Crippen molar-refractivity contribution in [3.8, 4) is 5.75 Å². The Morgan fingerprint density at radius 2 is 1.86 bits per heavy atom. The quantitative estimate of drug-likeness (QED) is 0.781. The van der Waals surface area contributed by atoms with E-state index in [4.69, 9.17) is 9.47 Å². The van der Waals surface area contributed by atoms with E-state index in [2.05, 4.69) is 4.90 Å². The van der Waals surface area contributed by atoms with Gasteiger partial charge in [0, 0.05) is 43.8 Å². The number of likely N-dealkylation sites (tertiary alicyclic amines) is 1. The Morgan fingerprint density at radius 3 is 2.50 bits per heavy atom. The fourth-order valence-electron chi connectivity index (χ4n) is 4.49. The maximum absolute atomic E-state index is 13.1. The number of methoxy groups -OCH3 is 1. The molecule has 1 saturated carbocycles. The first-order valence-corrected chi connectivity index (χ1v) is 10.4. The van der Waals surface area contributed by atoms with Gasteiger partial charge in [-0.2, -0.15) is 0 Å². The Labute approximate surface area is 166 Å². The van der Waals surface area contributed by atoms with E-state index in [1.807, 2.05) is 30.0 Å². The zero-order valence-corrected chi connectivity index (χ0v) is 16.9. The van der Waals surface area contributed by atoms with Crippen LogP contribution in [-0.2, 0) is 9.53 Å². The number of rotatable bonds is 5. The molecule has 1 aromatic rings. The summed E-state index contributed by atoms with van der Waals surface area (Å²) in [6.45, 7) is 4.71. The van der Waals surface area contributed by atoms with Gasteiger partial charge in [0.1, 0.15) is 5.75 Å². The predicted octanol–water partition coefficient (Wildman–Crippen LogP) is 2.64. The summed E-state index contributed by atoms with van der Waals surface area (Å²) >= 11 is 0. The highest BCUT2D eigenvalue weighted by atomic mass is 16.5. The number of carbonyl (C=O) groups is 2. The van der Waals surface area contributed by atoms with Gasteiger partial charge < -0.3 is 19.3 Å². The van der Waals surface area contributed by atoms with Gasteiger partial charge in [0.2, 0.25) is 5.91 Å². The van der Waals surface area contributed by atoms with Crippen LogP contribution in [0.1, 0.15) is 48.0 Å². The summed E-state index contributed by atoms with van der Waals surface area (Å²) in [5.41, 5.74) is 1.63. The van der Waals surface area contributed by atoms with E-state index in [1.165, 1.54) is 0 Å². The van der Waals surface area contributed by atoms with E-state index >= 15 is 0 Å². The van der Waals surface area contributed by atoms with Crippen LogP contribution in [0.2, 0.25) is 0 Å². The fraction of sp³-hybridized carbons (Fsp3) is 0.636. The van der Waals surface area contributed by atoms with E-state index in [-0.39, 0.29) is 23.9 Å². The molecular formula is C22H30N2O4. The normalized spacial score (nSPS) is 22.9. The largest absolute Gasteiger partial charge is 0.497 e. The van der Waals surface area contributed by atoms with Crippen LogP contribution in [-0.4, -0.2) is 67.1 Å². The predicted molar refractivity (Wildman–Crippen MR) is 105 cm³/mol. The maximum atomic E-state index is 13.1. The number of aryl methyl sites for hydroxylation is 1. The average Bonchev–Trinajstić information content (AvgIpc) is 3.46. The molecule has 152 valence electrons. The Bertz CT molecular complexity index is 740. The lowest BCUT2D eigenvalue weighted by Gasteiger charge is -2.38. The highest BCUT2D eigenvalue weighted by Gasteiger charge is 2.42. The number of amides is 2. The van der Waals surface area contributed by atoms with Crippen molar-refractivity contribution in [1.82, 2.24) is 9.80 Å². The minimum Gasteiger partial charge on any atom is -0.497 e. The molecule has 6 nitrogen and oxygen atoms in total. The van der Waals surface area contributed by atoms with Crippen LogP contribution in [0.15, 0.2) is 18.2 Å². The Hall–Kier alpha value is -2.08. The molecule has 0 radical (unpaired) electrons. The molecule has 0 bridgehead atoms. The standard InChI is InChI=1S/C22H30N2O4/c1-15-13-19(27-2)5-6-20(15)22(26)23-10-7-18(14-23)24(21(25)16-3-4-16)17-8-11-28-12-9-17/h5-6,13,16-18H,3-4,7-12,14H2,1-2H3. The first kappa shape index (κ1) is 19.2. The maximum Gasteiger partial charge on any atom is 0.254 e. The summed E-state index contributed by atoms with van der Waals surface area (Å²) < 4.78 is 10.8. The highest BCUT2D eigenvalue weighted by Crippen LogP contribution is 2.35. The SMILES string of the molecule is COc1ccc(C(=O)N2CCC(N(C(=O)C3CC3)C3CCOCC3)C2)c(C)c1. The second kappa shape index (κ2) is 8.11. The number of carbonyl (C=O) groups excluding carboxylic acids is 2. The molecule has 6 heteroatoms. The first-order valence-electron chi connectivity index (χ1n) is 10.4. The van der Waals surface area contributed by atoms with Crippen LogP contribution in [0.25, 0.3) is 0 Å². The van der Waals surface area contributed by atoms with Crippen molar-refractivity contribution >= 4 is 11.8 Å². The van der Waals surface area contributed by atoms with Crippen LogP contribution >= 0.6 is 0 Å². The lowest BCUT2D eigenvalue weighted by atomic mass is 10.0. The topological polar surface area (TPSA) is 59.1 Å². The third kappa shape index (κ3) is 3.88. The fourth-order valence-corrected chi connectivity index (χ4v) is 4.49. The van der Waals surface area contributed by atoms with Crippen molar-refractivity contribution in [1.29, 1.82) is 0 Å². The zero-order valence-electron chi connectivity index (χ0n) is 16.9. The monoisotopic (exact) mass is 386 g/mol. The number of hydrogen-bond donors (Lipinski definition) is 0. The molecule has 3 aliphatic rings. The Balaban J connectivity index is 1.48. The van der Waals surface area contributed by atoms with Crippen LogP contribution in [0, 0.1) is 12.8 Å². The van der Waals surface area contributed by atoms with Crippen LogP contribution < -0.4 is 4.74 Å². The molecule has 2 heterocycles. The van der Waals surface area contributed by atoms with Gasteiger partial charge in [-0.3, -0.25) is 9.59 Å². The highest BCUT2D eigenvalue weighted by molar-refractivity contribution is 5.96. The summed E-state index contributed by atoms with van der Waals surface area (Å²) in [5.74, 6) is 1.31. The minimum absolute atomic E-state index is 0.0495. The third-order valence-corrected chi connectivity index (χ3v) is 6.27. The van der Waals surface area contributed by atoms with Gasteiger partial charge in [0.15, 0.2) is 0 Å². The van der Waals surface area contributed by atoms with E-state index in [1.54, 1.807) is 7.11 Å². The number of hydrogen-bond acceptors (Lipinski definition) is 4. The van der Waals surface area contributed by atoms with Gasteiger partial charge in [0.25, 0.3) is 5.91 Å². The molecule has 3 fully saturated rings. The van der Waals surface area contributed by atoms with Gasteiger partial charge in [-0.15, -0.1) is 0 Å². The second-order valence-corrected chi connectivity index (χ2v) is 8.24. The molecular weight excluding hydrogens is 356 g/mol. The summed E-state index contributed by atoms with van der Waals surface area (Å²) in [4.78, 5) is 30.2. The first-order chi connectivity index (χ1) is 13.6. The molecule has 2 amide bonds. The van der Waals surface area contributed by atoms with Gasteiger partial charge in [-0.1, -0.05) is 0 Å². The molecule has 2 saturated heterocycles. The van der Waals surface area contributed by atoms with Crippen molar-refractivity contribution in [2.75, 3.05) is 33.4 Å². The summed E-state index contributed by atoms with van der Waals surface area (Å²) in [7, 11) is 1.63. The third-order valence-electron chi connectivity index (χ3n) is 6.27. The van der Waals surface area contributed by atoms with Crippen molar-refractivity contribution in [2.24, 2.45) is 5.92 Å². The van der Waals surface area contributed by atoms with Crippen LogP contribution in [0.4, 0.5) is 0 Å². The summed E-state index contributed by atoms with van der Waals surface area (Å²) in [5, 5.41) is 0. The van der Waals surface area contributed by atoms with Gasteiger partial charge in [-0.25, -0.2) is 0 Å².